The quantitative estimate of drug-likeness (QED) is 0.386. The third-order valence-corrected chi connectivity index (χ3v) is 4.77. The Balaban J connectivity index is 1.63. The summed E-state index contributed by atoms with van der Waals surface area (Å²) in [5, 5.41) is 12.0. The van der Waals surface area contributed by atoms with Gasteiger partial charge in [0, 0.05) is 28.7 Å². The summed E-state index contributed by atoms with van der Waals surface area (Å²) in [6, 6.07) is 15.4. The molecule has 0 aliphatic rings. The smallest absolute Gasteiger partial charge is 0.276 e. The second-order valence-electron chi connectivity index (χ2n) is 6.49. The maximum atomic E-state index is 12.7. The molecular formula is C21H16N6O. The standard InChI is InChI=1S/C21H16N6O/c22-16-4-2-7-24-20(16)21(28)26-18-9-12(10-19-15(18)11-25-27-19)13-3-1-5-17-14(13)6-8-23-17/h1-11,23H,22H2,(H,25,27)(H,26,28). The zero-order valence-electron chi connectivity index (χ0n) is 14.7. The van der Waals surface area contributed by atoms with Crippen LogP contribution in [0.4, 0.5) is 11.4 Å². The van der Waals surface area contributed by atoms with Crippen molar-refractivity contribution in [2.24, 2.45) is 0 Å². The fourth-order valence-corrected chi connectivity index (χ4v) is 3.44. The molecule has 0 bridgehead atoms. The normalized spacial score (nSPS) is 11.1. The number of nitrogens with zero attached hydrogens (tertiary/aromatic N) is 2. The van der Waals surface area contributed by atoms with Gasteiger partial charge in [-0.15, -0.1) is 0 Å². The maximum Gasteiger partial charge on any atom is 0.276 e. The molecule has 28 heavy (non-hydrogen) atoms. The molecule has 3 heterocycles. The number of hydrogen-bond acceptors (Lipinski definition) is 4. The molecule has 0 spiro atoms. The Hall–Kier alpha value is -4.13. The van der Waals surface area contributed by atoms with Crippen LogP contribution < -0.4 is 11.1 Å². The molecule has 0 atom stereocenters. The highest BCUT2D eigenvalue weighted by molar-refractivity contribution is 6.11. The van der Waals surface area contributed by atoms with Crippen LogP contribution in [-0.2, 0) is 0 Å². The number of nitrogen functional groups attached to an aromatic ring is 1. The number of amides is 1. The van der Waals surface area contributed by atoms with Gasteiger partial charge in [0.05, 0.1) is 23.1 Å². The Kier molecular flexibility index (Phi) is 3.58. The number of nitrogens with one attached hydrogen (secondary N) is 3. The molecule has 0 aliphatic carbocycles. The number of aromatic amines is 2. The first-order valence-electron chi connectivity index (χ1n) is 8.76. The zero-order valence-corrected chi connectivity index (χ0v) is 14.7. The predicted octanol–water partition coefficient (Wildman–Crippen LogP) is 3.94. The van der Waals surface area contributed by atoms with Crippen LogP contribution in [0.3, 0.4) is 0 Å². The summed E-state index contributed by atoms with van der Waals surface area (Å²) in [6.07, 6.45) is 5.14. The summed E-state index contributed by atoms with van der Waals surface area (Å²) in [4.78, 5) is 20.0. The molecule has 5 rings (SSSR count). The minimum absolute atomic E-state index is 0.192. The fraction of sp³-hybridized carbons (Fsp3) is 0. The number of pyridine rings is 1. The first-order chi connectivity index (χ1) is 13.7. The lowest BCUT2D eigenvalue weighted by molar-refractivity contribution is 0.102. The van der Waals surface area contributed by atoms with E-state index in [9.17, 15) is 4.79 Å². The lowest BCUT2D eigenvalue weighted by Gasteiger charge is -2.11. The van der Waals surface area contributed by atoms with Crippen LogP contribution in [-0.4, -0.2) is 26.1 Å². The summed E-state index contributed by atoms with van der Waals surface area (Å²) in [5.41, 5.74) is 11.0. The van der Waals surface area contributed by atoms with Gasteiger partial charge in [0.1, 0.15) is 0 Å². The van der Waals surface area contributed by atoms with Crippen molar-refractivity contribution < 1.29 is 4.79 Å². The van der Waals surface area contributed by atoms with E-state index in [1.54, 1.807) is 24.5 Å². The van der Waals surface area contributed by atoms with E-state index in [0.29, 0.717) is 11.4 Å². The Morgan fingerprint density at radius 1 is 1.04 bits per heavy atom. The summed E-state index contributed by atoms with van der Waals surface area (Å²) in [6.45, 7) is 0. The number of hydrogen-bond donors (Lipinski definition) is 4. The van der Waals surface area contributed by atoms with Crippen LogP contribution in [0.1, 0.15) is 10.5 Å². The molecule has 2 aromatic carbocycles. The molecule has 3 aromatic heterocycles. The molecule has 7 nitrogen and oxygen atoms in total. The van der Waals surface area contributed by atoms with Gasteiger partial charge >= 0.3 is 0 Å². The van der Waals surface area contributed by atoms with E-state index in [2.05, 4.69) is 31.5 Å². The van der Waals surface area contributed by atoms with E-state index in [-0.39, 0.29) is 11.6 Å². The highest BCUT2D eigenvalue weighted by Crippen LogP contribution is 2.34. The summed E-state index contributed by atoms with van der Waals surface area (Å²) < 4.78 is 0. The largest absolute Gasteiger partial charge is 0.397 e. The third-order valence-electron chi connectivity index (χ3n) is 4.77. The van der Waals surface area contributed by atoms with Crippen molar-refractivity contribution in [2.75, 3.05) is 11.1 Å². The Morgan fingerprint density at radius 3 is 2.86 bits per heavy atom. The van der Waals surface area contributed by atoms with Gasteiger partial charge in [0.25, 0.3) is 5.91 Å². The molecule has 5 aromatic rings. The minimum Gasteiger partial charge on any atom is -0.397 e. The zero-order chi connectivity index (χ0) is 19.1. The van der Waals surface area contributed by atoms with E-state index in [1.807, 2.05) is 36.5 Å². The molecular weight excluding hydrogens is 352 g/mol. The molecule has 0 unspecified atom stereocenters. The van der Waals surface area contributed by atoms with Crippen LogP contribution in [0.25, 0.3) is 32.9 Å². The van der Waals surface area contributed by atoms with Gasteiger partial charge in [-0.05, 0) is 47.5 Å². The van der Waals surface area contributed by atoms with E-state index < -0.39 is 0 Å². The summed E-state index contributed by atoms with van der Waals surface area (Å²) in [7, 11) is 0. The Labute approximate surface area is 159 Å². The Morgan fingerprint density at radius 2 is 1.96 bits per heavy atom. The number of benzene rings is 2. The lowest BCUT2D eigenvalue weighted by Crippen LogP contribution is -2.15. The van der Waals surface area contributed by atoms with E-state index in [0.717, 1.165) is 32.9 Å². The van der Waals surface area contributed by atoms with E-state index in [1.165, 1.54) is 0 Å². The van der Waals surface area contributed by atoms with Crippen LogP contribution >= 0.6 is 0 Å². The molecule has 7 heteroatoms. The van der Waals surface area contributed by atoms with Crippen molar-refractivity contribution in [3.05, 3.63) is 72.8 Å². The lowest BCUT2D eigenvalue weighted by atomic mass is 9.99. The number of carbonyl (C=O) groups excluding carboxylic acids is 1. The minimum atomic E-state index is -0.363. The number of carbonyl (C=O) groups is 1. The number of H-pyrrole nitrogens is 2. The molecule has 0 saturated carbocycles. The van der Waals surface area contributed by atoms with Gasteiger partial charge in [0.2, 0.25) is 0 Å². The number of nitrogens with two attached hydrogens (primary N) is 1. The van der Waals surface area contributed by atoms with Crippen molar-refractivity contribution in [2.45, 2.75) is 0 Å². The highest BCUT2D eigenvalue weighted by atomic mass is 16.1. The van der Waals surface area contributed by atoms with Crippen LogP contribution in [0.5, 0.6) is 0 Å². The number of aromatic nitrogens is 4. The van der Waals surface area contributed by atoms with Gasteiger partial charge in [-0.3, -0.25) is 9.89 Å². The predicted molar refractivity (Wildman–Crippen MR) is 110 cm³/mol. The third kappa shape index (κ3) is 2.57. The monoisotopic (exact) mass is 368 g/mol. The first-order valence-corrected chi connectivity index (χ1v) is 8.76. The van der Waals surface area contributed by atoms with E-state index >= 15 is 0 Å². The summed E-state index contributed by atoms with van der Waals surface area (Å²) in [5.74, 6) is -0.363. The summed E-state index contributed by atoms with van der Waals surface area (Å²) >= 11 is 0. The van der Waals surface area contributed by atoms with Crippen molar-refractivity contribution in [3.63, 3.8) is 0 Å². The van der Waals surface area contributed by atoms with E-state index in [4.69, 9.17) is 5.73 Å². The molecule has 1 amide bonds. The van der Waals surface area contributed by atoms with Gasteiger partial charge < -0.3 is 16.0 Å². The van der Waals surface area contributed by atoms with Crippen LogP contribution in [0.2, 0.25) is 0 Å². The molecule has 0 aliphatic heterocycles. The van der Waals surface area contributed by atoms with Gasteiger partial charge in [-0.2, -0.15) is 5.10 Å². The molecule has 136 valence electrons. The fourth-order valence-electron chi connectivity index (χ4n) is 3.44. The highest BCUT2D eigenvalue weighted by Gasteiger charge is 2.15. The van der Waals surface area contributed by atoms with Gasteiger partial charge in [-0.25, -0.2) is 4.98 Å². The molecule has 0 saturated heterocycles. The number of anilines is 2. The average Bonchev–Trinajstić information content (AvgIpc) is 3.37. The van der Waals surface area contributed by atoms with Gasteiger partial charge in [0.15, 0.2) is 5.69 Å². The number of fused-ring (bicyclic) bond motifs is 2. The van der Waals surface area contributed by atoms with Crippen molar-refractivity contribution in [3.8, 4) is 11.1 Å². The topological polar surface area (TPSA) is 112 Å². The molecule has 0 radical (unpaired) electrons. The second-order valence-corrected chi connectivity index (χ2v) is 6.49. The van der Waals surface area contributed by atoms with Crippen LogP contribution in [0.15, 0.2) is 67.1 Å². The second kappa shape index (κ2) is 6.24. The molecule has 0 fully saturated rings. The Bertz CT molecular complexity index is 1330. The molecule has 5 N–H and O–H groups in total. The van der Waals surface area contributed by atoms with Crippen molar-refractivity contribution in [1.82, 2.24) is 20.2 Å². The maximum absolute atomic E-state index is 12.7. The number of rotatable bonds is 3. The average molecular weight is 368 g/mol. The van der Waals surface area contributed by atoms with Crippen molar-refractivity contribution >= 4 is 39.1 Å². The van der Waals surface area contributed by atoms with Crippen molar-refractivity contribution in [1.29, 1.82) is 0 Å². The van der Waals surface area contributed by atoms with Crippen LogP contribution in [0, 0.1) is 0 Å². The SMILES string of the molecule is Nc1cccnc1C(=O)Nc1cc(-c2cccc3[nH]ccc23)cc2[nH]ncc12. The first kappa shape index (κ1) is 16.1. The van der Waals surface area contributed by atoms with Gasteiger partial charge in [-0.1, -0.05) is 12.1 Å².